The van der Waals surface area contributed by atoms with Gasteiger partial charge in [0.05, 0.1) is 20.9 Å². The molecule has 2 N–H and O–H groups in total. The van der Waals surface area contributed by atoms with E-state index in [9.17, 15) is 23.3 Å². The monoisotopic (exact) mass is 363 g/mol. The molecule has 0 aliphatic heterocycles. The maximum atomic E-state index is 12.3. The number of carbonyl (C=O) groups is 1. The highest BCUT2D eigenvalue weighted by Gasteiger charge is 2.25. The van der Waals surface area contributed by atoms with E-state index in [4.69, 9.17) is 11.6 Å². The molecule has 0 heterocycles. The van der Waals surface area contributed by atoms with Crippen molar-refractivity contribution >= 4 is 33.2 Å². The molecule has 1 aromatic carbocycles. The zero-order valence-corrected chi connectivity index (χ0v) is 14.5. The summed E-state index contributed by atoms with van der Waals surface area (Å²) in [5.74, 6) is -0.483. The Kier molecular flexibility index (Phi) is 6.48. The van der Waals surface area contributed by atoms with E-state index in [0.29, 0.717) is 13.0 Å². The first-order valence-corrected chi connectivity index (χ1v) is 8.70. The minimum absolute atomic E-state index is 0.0392. The van der Waals surface area contributed by atoms with Crippen LogP contribution >= 0.6 is 11.6 Å². The van der Waals surface area contributed by atoms with Crippen molar-refractivity contribution in [3.63, 3.8) is 0 Å². The summed E-state index contributed by atoms with van der Waals surface area (Å²) in [6.45, 7) is 5.09. The highest BCUT2D eigenvalue weighted by atomic mass is 35.5. The molecule has 0 aliphatic rings. The molecule has 1 unspecified atom stereocenters. The second kappa shape index (κ2) is 7.71. The van der Waals surface area contributed by atoms with Crippen LogP contribution in [-0.4, -0.2) is 31.8 Å². The predicted molar refractivity (Wildman–Crippen MR) is 85.9 cm³/mol. The fourth-order valence-electron chi connectivity index (χ4n) is 1.74. The van der Waals surface area contributed by atoms with Gasteiger partial charge in [0.25, 0.3) is 5.69 Å². The van der Waals surface area contributed by atoms with Crippen LogP contribution in [0.15, 0.2) is 17.0 Å². The molecule has 0 radical (unpaired) electrons. The lowest BCUT2D eigenvalue weighted by Gasteiger charge is -2.14. The van der Waals surface area contributed by atoms with Crippen LogP contribution in [0.1, 0.15) is 25.8 Å². The lowest BCUT2D eigenvalue weighted by molar-refractivity contribution is -0.385. The molecule has 1 rings (SSSR count). The summed E-state index contributed by atoms with van der Waals surface area (Å²) >= 11 is 5.86. The van der Waals surface area contributed by atoms with Crippen LogP contribution in [0.25, 0.3) is 0 Å². The third kappa shape index (κ3) is 4.88. The molecule has 0 saturated heterocycles. The van der Waals surface area contributed by atoms with Gasteiger partial charge in [-0.2, -0.15) is 4.72 Å². The van der Waals surface area contributed by atoms with Crippen molar-refractivity contribution in [3.8, 4) is 0 Å². The number of benzene rings is 1. The molecular weight excluding hydrogens is 346 g/mol. The van der Waals surface area contributed by atoms with Gasteiger partial charge in [0.2, 0.25) is 15.9 Å². The average molecular weight is 364 g/mol. The van der Waals surface area contributed by atoms with Gasteiger partial charge in [-0.25, -0.2) is 8.42 Å². The van der Waals surface area contributed by atoms with Crippen LogP contribution in [0.4, 0.5) is 5.69 Å². The number of hydrogen-bond acceptors (Lipinski definition) is 5. The second-order valence-corrected chi connectivity index (χ2v) is 7.06. The third-order valence-electron chi connectivity index (χ3n) is 3.07. The summed E-state index contributed by atoms with van der Waals surface area (Å²) in [4.78, 5) is 21.6. The molecule has 0 aliphatic carbocycles. The number of sulfonamides is 1. The van der Waals surface area contributed by atoms with Crippen molar-refractivity contribution < 1.29 is 18.1 Å². The summed E-state index contributed by atoms with van der Waals surface area (Å²) in [5.41, 5.74) is -0.231. The Morgan fingerprint density at radius 2 is 2.04 bits per heavy atom. The number of carbonyl (C=O) groups excluding carboxylic acids is 1. The summed E-state index contributed by atoms with van der Waals surface area (Å²) in [5, 5.41) is 13.5. The molecule has 0 aromatic heterocycles. The highest BCUT2D eigenvalue weighted by molar-refractivity contribution is 7.89. The molecule has 0 spiro atoms. The highest BCUT2D eigenvalue weighted by Crippen LogP contribution is 2.29. The van der Waals surface area contributed by atoms with Gasteiger partial charge in [0, 0.05) is 18.2 Å². The summed E-state index contributed by atoms with van der Waals surface area (Å²) in [6.07, 6.45) is 0.713. The number of rotatable bonds is 7. The molecular formula is C13H18ClN3O5S. The van der Waals surface area contributed by atoms with Gasteiger partial charge in [0.1, 0.15) is 0 Å². The number of nitrogens with one attached hydrogen (secondary N) is 2. The predicted octanol–water partition coefficient (Wildman–Crippen LogP) is 1.75. The maximum absolute atomic E-state index is 12.3. The van der Waals surface area contributed by atoms with Crippen LogP contribution in [0.2, 0.25) is 5.02 Å². The van der Waals surface area contributed by atoms with E-state index in [0.717, 1.165) is 12.1 Å². The van der Waals surface area contributed by atoms with Crippen LogP contribution in [0, 0.1) is 17.0 Å². The fraction of sp³-hybridized carbons (Fsp3) is 0.462. The van der Waals surface area contributed by atoms with Crippen LogP contribution in [0.3, 0.4) is 0 Å². The molecule has 10 heteroatoms. The first-order chi connectivity index (χ1) is 10.6. The van der Waals surface area contributed by atoms with Crippen molar-refractivity contribution in [2.75, 3.05) is 6.54 Å². The van der Waals surface area contributed by atoms with Gasteiger partial charge in [0.15, 0.2) is 0 Å². The quantitative estimate of drug-likeness (QED) is 0.565. The Labute approximate surface area is 139 Å². The summed E-state index contributed by atoms with van der Waals surface area (Å²) in [7, 11) is -4.12. The van der Waals surface area contributed by atoms with E-state index in [1.54, 1.807) is 0 Å². The van der Waals surface area contributed by atoms with Gasteiger partial charge in [-0.1, -0.05) is 18.5 Å². The van der Waals surface area contributed by atoms with E-state index in [1.807, 2.05) is 6.92 Å². The smallest absolute Gasteiger partial charge is 0.275 e. The third-order valence-corrected chi connectivity index (χ3v) is 4.98. The van der Waals surface area contributed by atoms with Crippen LogP contribution < -0.4 is 10.0 Å². The van der Waals surface area contributed by atoms with Crippen molar-refractivity contribution in [3.05, 3.63) is 32.8 Å². The fourth-order valence-corrected chi connectivity index (χ4v) is 3.27. The number of hydrogen-bond donors (Lipinski definition) is 2. The number of halogens is 1. The Hall–Kier alpha value is -1.71. The molecule has 0 fully saturated rings. The lowest BCUT2D eigenvalue weighted by atomic mass is 10.2. The standard InChI is InChI=1S/C13H18ClN3O5S/c1-4-5-15-13(18)9(3)16-23(21,22)10-6-11(14)8(2)12(7-10)17(19)20/h6-7,9,16H,4-5H2,1-3H3,(H,15,18). The Morgan fingerprint density at radius 1 is 1.43 bits per heavy atom. The molecule has 1 aromatic rings. The van der Waals surface area contributed by atoms with E-state index < -0.39 is 32.6 Å². The van der Waals surface area contributed by atoms with Gasteiger partial charge in [-0.15, -0.1) is 0 Å². The Balaban J connectivity index is 3.10. The molecule has 8 nitrogen and oxygen atoms in total. The minimum Gasteiger partial charge on any atom is -0.355 e. The SMILES string of the molecule is CCCNC(=O)C(C)NS(=O)(=O)c1cc(Cl)c(C)c([N+](=O)[O-])c1. The number of amides is 1. The summed E-state index contributed by atoms with van der Waals surface area (Å²) < 4.78 is 26.7. The van der Waals surface area contributed by atoms with Crippen LogP contribution in [-0.2, 0) is 14.8 Å². The van der Waals surface area contributed by atoms with Crippen molar-refractivity contribution in [1.82, 2.24) is 10.0 Å². The normalized spacial score (nSPS) is 12.7. The van der Waals surface area contributed by atoms with E-state index >= 15 is 0 Å². The first-order valence-electron chi connectivity index (χ1n) is 6.84. The van der Waals surface area contributed by atoms with E-state index in [2.05, 4.69) is 10.0 Å². The van der Waals surface area contributed by atoms with Crippen molar-refractivity contribution in [1.29, 1.82) is 0 Å². The van der Waals surface area contributed by atoms with Crippen LogP contribution in [0.5, 0.6) is 0 Å². The number of nitrogens with zero attached hydrogens (tertiary/aromatic N) is 1. The van der Waals surface area contributed by atoms with Gasteiger partial charge in [-0.3, -0.25) is 14.9 Å². The zero-order valence-electron chi connectivity index (χ0n) is 12.9. The topological polar surface area (TPSA) is 118 Å². The molecule has 0 bridgehead atoms. The van der Waals surface area contributed by atoms with Gasteiger partial charge < -0.3 is 5.32 Å². The molecule has 1 atom stereocenters. The largest absolute Gasteiger partial charge is 0.355 e. The average Bonchev–Trinajstić information content (AvgIpc) is 2.46. The maximum Gasteiger partial charge on any atom is 0.275 e. The molecule has 0 saturated carbocycles. The van der Waals surface area contributed by atoms with E-state index in [-0.39, 0.29) is 15.5 Å². The second-order valence-electron chi connectivity index (χ2n) is 4.94. The van der Waals surface area contributed by atoms with Crippen molar-refractivity contribution in [2.24, 2.45) is 0 Å². The molecule has 128 valence electrons. The zero-order chi connectivity index (χ0) is 17.8. The lowest BCUT2D eigenvalue weighted by Crippen LogP contribution is -2.44. The molecule has 23 heavy (non-hydrogen) atoms. The number of nitro benzene ring substituents is 1. The van der Waals surface area contributed by atoms with Gasteiger partial charge >= 0.3 is 0 Å². The Bertz CT molecular complexity index is 721. The number of nitro groups is 1. The first kappa shape index (κ1) is 19.3. The van der Waals surface area contributed by atoms with E-state index in [1.165, 1.54) is 13.8 Å². The molecule has 1 amide bonds. The minimum atomic E-state index is -4.12. The summed E-state index contributed by atoms with van der Waals surface area (Å²) in [6, 6.07) is 1.01. The Morgan fingerprint density at radius 3 is 2.57 bits per heavy atom. The van der Waals surface area contributed by atoms with Crippen molar-refractivity contribution in [2.45, 2.75) is 38.1 Å². The van der Waals surface area contributed by atoms with Gasteiger partial charge in [-0.05, 0) is 26.3 Å².